The van der Waals surface area contributed by atoms with Gasteiger partial charge in [-0.3, -0.25) is 29.0 Å². The molecule has 2 aliphatic rings. The van der Waals surface area contributed by atoms with Gasteiger partial charge in [0.2, 0.25) is 11.8 Å². The molecule has 1 saturated heterocycles. The number of aromatic nitrogens is 7. The molecule has 5 heterocycles. The van der Waals surface area contributed by atoms with Crippen LogP contribution in [0, 0.1) is 6.92 Å². The standard InChI is InChI=1S/C32H33FN10O4/c1-17-11-23-27(32(47)43(17)21-5-3-2-4-6-21)30(39-38-23)37-31(46)25-13-20(33)15-41(25)26(44)16-42-24-8-7-18(19-9-10-35-36-14-19)12-22(24)28(40-42)29(34)45/h7-12,14,20-21,25H,2-6,13,15-16H2,1H3,(H2,34,45)(H2,37,38,39,46). The highest BCUT2D eigenvalue weighted by atomic mass is 19.1. The fourth-order valence-corrected chi connectivity index (χ4v) is 6.97. The van der Waals surface area contributed by atoms with Crippen LogP contribution in [-0.2, 0) is 16.1 Å². The summed E-state index contributed by atoms with van der Waals surface area (Å²) < 4.78 is 17.9. The number of nitrogens with zero attached hydrogens (tertiary/aromatic N) is 7. The van der Waals surface area contributed by atoms with Crippen LogP contribution in [0.2, 0.25) is 0 Å². The van der Waals surface area contributed by atoms with Crippen molar-refractivity contribution in [3.05, 3.63) is 64.5 Å². The lowest BCUT2D eigenvalue weighted by molar-refractivity contribution is -0.137. The van der Waals surface area contributed by atoms with Gasteiger partial charge in [-0.15, -0.1) is 0 Å². The molecule has 3 amide bonds. The molecule has 4 aromatic heterocycles. The van der Waals surface area contributed by atoms with Gasteiger partial charge in [0.05, 0.1) is 30.0 Å². The molecule has 0 spiro atoms. The van der Waals surface area contributed by atoms with Crippen molar-refractivity contribution >= 4 is 45.3 Å². The molecule has 1 aromatic carbocycles. The number of rotatable bonds is 7. The number of aryl methyl sites for hydroxylation is 1. The number of alkyl halides is 1. The Morgan fingerprint density at radius 3 is 2.64 bits per heavy atom. The number of carbonyl (C=O) groups is 3. The van der Waals surface area contributed by atoms with Crippen molar-refractivity contribution in [2.45, 2.75) is 70.2 Å². The Kier molecular flexibility index (Phi) is 7.74. The Morgan fingerprint density at radius 2 is 1.89 bits per heavy atom. The number of fused-ring (bicyclic) bond motifs is 2. The number of carbonyl (C=O) groups excluding carboxylic acids is 3. The second kappa shape index (κ2) is 12.0. The van der Waals surface area contributed by atoms with Gasteiger partial charge in [-0.25, -0.2) is 4.39 Å². The molecular formula is C32H33FN10O4. The minimum atomic E-state index is -1.44. The Bertz CT molecular complexity index is 2080. The summed E-state index contributed by atoms with van der Waals surface area (Å²) in [5, 5.41) is 22.4. The maximum absolute atomic E-state index is 14.8. The molecule has 1 aliphatic carbocycles. The average molecular weight is 641 g/mol. The second-order valence-electron chi connectivity index (χ2n) is 12.2. The third-order valence-electron chi connectivity index (χ3n) is 9.20. The number of H-pyrrole nitrogens is 1. The highest BCUT2D eigenvalue weighted by Crippen LogP contribution is 2.31. The lowest BCUT2D eigenvalue weighted by Gasteiger charge is -2.26. The van der Waals surface area contributed by atoms with Gasteiger partial charge in [0.15, 0.2) is 11.5 Å². The van der Waals surface area contributed by atoms with Crippen molar-refractivity contribution in [1.82, 2.24) is 39.6 Å². The number of nitrogens with two attached hydrogens (primary N) is 1. The third-order valence-corrected chi connectivity index (χ3v) is 9.20. The first-order chi connectivity index (χ1) is 22.7. The van der Waals surface area contributed by atoms with Crippen LogP contribution in [-0.4, -0.2) is 76.1 Å². The number of likely N-dealkylation sites (tertiary alicyclic amines) is 1. The van der Waals surface area contributed by atoms with Crippen LogP contribution in [0.3, 0.4) is 0 Å². The normalized spacial score (nSPS) is 18.6. The predicted molar refractivity (Wildman–Crippen MR) is 170 cm³/mol. The monoisotopic (exact) mass is 640 g/mol. The zero-order valence-electron chi connectivity index (χ0n) is 25.6. The second-order valence-corrected chi connectivity index (χ2v) is 12.2. The summed E-state index contributed by atoms with van der Waals surface area (Å²) >= 11 is 0. The Morgan fingerprint density at radius 1 is 1.09 bits per heavy atom. The summed E-state index contributed by atoms with van der Waals surface area (Å²) in [5.41, 5.74) is 8.58. The van der Waals surface area contributed by atoms with Crippen LogP contribution < -0.4 is 16.6 Å². The highest BCUT2D eigenvalue weighted by molar-refractivity contribution is 6.06. The third kappa shape index (κ3) is 5.51. The van der Waals surface area contributed by atoms with Crippen molar-refractivity contribution in [1.29, 1.82) is 0 Å². The average Bonchev–Trinajstić information content (AvgIpc) is 3.77. The van der Waals surface area contributed by atoms with E-state index in [0.29, 0.717) is 16.4 Å². The number of amides is 3. The lowest BCUT2D eigenvalue weighted by atomic mass is 9.94. The number of pyridine rings is 1. The van der Waals surface area contributed by atoms with E-state index in [4.69, 9.17) is 5.73 Å². The van der Waals surface area contributed by atoms with Crippen LogP contribution in [0.15, 0.2) is 47.5 Å². The van der Waals surface area contributed by atoms with Crippen molar-refractivity contribution in [2.75, 3.05) is 11.9 Å². The number of aromatic amines is 1. The van der Waals surface area contributed by atoms with Gasteiger partial charge in [0.1, 0.15) is 24.1 Å². The maximum atomic E-state index is 14.8. The van der Waals surface area contributed by atoms with Crippen LogP contribution in [0.5, 0.6) is 0 Å². The molecule has 1 aliphatic heterocycles. The fraction of sp³-hybridized carbons (Fsp3) is 0.375. The Balaban J connectivity index is 1.14. The lowest BCUT2D eigenvalue weighted by Crippen LogP contribution is -2.44. The summed E-state index contributed by atoms with van der Waals surface area (Å²) in [6.45, 7) is 1.21. The van der Waals surface area contributed by atoms with Crippen LogP contribution >= 0.6 is 0 Å². The van der Waals surface area contributed by atoms with E-state index in [0.717, 1.165) is 53.8 Å². The maximum Gasteiger partial charge on any atom is 0.269 e. The molecule has 0 bridgehead atoms. The first-order valence-corrected chi connectivity index (χ1v) is 15.6. The Labute approximate surface area is 267 Å². The van der Waals surface area contributed by atoms with Gasteiger partial charge in [-0.1, -0.05) is 25.3 Å². The largest absolute Gasteiger partial charge is 0.364 e. The summed E-state index contributed by atoms with van der Waals surface area (Å²) in [6.07, 6.45) is 6.48. The van der Waals surface area contributed by atoms with E-state index in [1.807, 2.05) is 13.0 Å². The van der Waals surface area contributed by atoms with Gasteiger partial charge in [-0.05, 0) is 49.6 Å². The predicted octanol–water partition coefficient (Wildman–Crippen LogP) is 3.02. The molecule has 2 atom stereocenters. The van der Waals surface area contributed by atoms with Gasteiger partial charge < -0.3 is 20.5 Å². The summed E-state index contributed by atoms with van der Waals surface area (Å²) in [5.74, 6) is -1.97. The first kappa shape index (κ1) is 30.2. The summed E-state index contributed by atoms with van der Waals surface area (Å²) in [7, 11) is 0. The van der Waals surface area contributed by atoms with Crippen LogP contribution in [0.25, 0.3) is 32.9 Å². The van der Waals surface area contributed by atoms with Gasteiger partial charge in [0, 0.05) is 29.1 Å². The number of hydrogen-bond donors (Lipinski definition) is 3. The molecule has 4 N–H and O–H groups in total. The van der Waals surface area contributed by atoms with E-state index in [9.17, 15) is 23.6 Å². The van der Waals surface area contributed by atoms with Crippen molar-refractivity contribution in [3.8, 4) is 11.1 Å². The quantitative estimate of drug-likeness (QED) is 0.242. The number of benzene rings is 1. The molecular weight excluding hydrogens is 607 g/mol. The van der Waals surface area contributed by atoms with E-state index in [2.05, 4.69) is 30.8 Å². The molecule has 0 radical (unpaired) electrons. The molecule has 2 fully saturated rings. The number of halogens is 1. The number of primary amides is 1. The SMILES string of the molecule is Cc1cc2[nH]nc(NC(=O)C3CC(F)CN3C(=O)Cn3nc(C(N)=O)c4cc(-c5ccnnc5)ccc43)c2c(=O)n1C1CCCCC1. The Hall–Kier alpha value is -5.47. The number of nitrogens with one attached hydrogen (secondary N) is 2. The molecule has 47 heavy (non-hydrogen) atoms. The highest BCUT2D eigenvalue weighted by Gasteiger charge is 2.40. The van der Waals surface area contributed by atoms with Gasteiger partial charge in [-0.2, -0.15) is 20.4 Å². The summed E-state index contributed by atoms with van der Waals surface area (Å²) in [4.78, 5) is 54.4. The smallest absolute Gasteiger partial charge is 0.269 e. The number of anilines is 1. The molecule has 1 saturated carbocycles. The minimum absolute atomic E-state index is 0.0321. The first-order valence-electron chi connectivity index (χ1n) is 15.6. The van der Waals surface area contributed by atoms with E-state index >= 15 is 0 Å². The molecule has 14 nitrogen and oxygen atoms in total. The summed E-state index contributed by atoms with van der Waals surface area (Å²) in [6, 6.07) is 7.73. The van der Waals surface area contributed by atoms with Gasteiger partial charge in [0.25, 0.3) is 11.5 Å². The van der Waals surface area contributed by atoms with Crippen molar-refractivity contribution < 1.29 is 18.8 Å². The van der Waals surface area contributed by atoms with Crippen molar-refractivity contribution in [2.24, 2.45) is 5.73 Å². The molecule has 7 rings (SSSR count). The van der Waals surface area contributed by atoms with E-state index in [-0.39, 0.29) is 48.0 Å². The van der Waals surface area contributed by atoms with Gasteiger partial charge >= 0.3 is 0 Å². The minimum Gasteiger partial charge on any atom is -0.364 e. The molecule has 5 aromatic rings. The molecule has 242 valence electrons. The van der Waals surface area contributed by atoms with E-state index in [1.54, 1.807) is 41.2 Å². The number of hydrogen-bond acceptors (Lipinski definition) is 8. The van der Waals surface area contributed by atoms with Crippen molar-refractivity contribution in [3.63, 3.8) is 0 Å². The zero-order chi connectivity index (χ0) is 32.8. The molecule has 2 unspecified atom stereocenters. The topological polar surface area (TPSA) is 187 Å². The van der Waals surface area contributed by atoms with Crippen LogP contribution in [0.4, 0.5) is 10.2 Å². The fourth-order valence-electron chi connectivity index (χ4n) is 6.97. The van der Waals surface area contributed by atoms with E-state index in [1.165, 1.54) is 4.68 Å². The zero-order valence-corrected chi connectivity index (χ0v) is 25.6. The van der Waals surface area contributed by atoms with Crippen LogP contribution in [0.1, 0.15) is 60.7 Å². The van der Waals surface area contributed by atoms with E-state index < -0.39 is 29.9 Å². The molecule has 15 heteroatoms.